The Morgan fingerprint density at radius 3 is 2.90 bits per heavy atom. The van der Waals surface area contributed by atoms with E-state index < -0.39 is 0 Å². The van der Waals surface area contributed by atoms with Crippen molar-refractivity contribution in [2.75, 3.05) is 0 Å². The van der Waals surface area contributed by atoms with Crippen molar-refractivity contribution in [2.24, 2.45) is 0 Å². The Kier molecular flexibility index (Phi) is 4.49. The number of Topliss-reactive ketones (excluding diaryl/α,β-unsaturated/α-hetero) is 1. The molecule has 2 heterocycles. The Morgan fingerprint density at radius 1 is 1.24 bits per heavy atom. The minimum atomic E-state index is -0.261. The lowest BCUT2D eigenvalue weighted by molar-refractivity contribution is -0.120. The van der Waals surface area contributed by atoms with Gasteiger partial charge in [-0.2, -0.15) is 4.98 Å². The van der Waals surface area contributed by atoms with E-state index in [-0.39, 0.29) is 11.7 Å². The van der Waals surface area contributed by atoms with E-state index in [1.807, 2.05) is 6.07 Å². The second-order valence-corrected chi connectivity index (χ2v) is 6.83. The van der Waals surface area contributed by atoms with E-state index >= 15 is 0 Å². The fourth-order valence-corrected chi connectivity index (χ4v) is 3.64. The van der Waals surface area contributed by atoms with Gasteiger partial charge in [-0.3, -0.25) is 9.78 Å². The molecule has 2 aromatic heterocycles. The lowest BCUT2D eigenvalue weighted by Crippen LogP contribution is -2.10. The number of nitrogens with zero attached hydrogens (tertiary/aromatic N) is 3. The first-order valence-electron chi connectivity index (χ1n) is 6.83. The molecule has 0 spiro atoms. The smallest absolute Gasteiger partial charge is 0.237 e. The molecule has 0 amide bonds. The van der Waals surface area contributed by atoms with Crippen LogP contribution in [-0.4, -0.2) is 20.9 Å². The van der Waals surface area contributed by atoms with Crippen LogP contribution >= 0.6 is 31.9 Å². The molecule has 110 valence electrons. The van der Waals surface area contributed by atoms with Gasteiger partial charge in [0.2, 0.25) is 11.7 Å². The predicted octanol–water partition coefficient (Wildman–Crippen LogP) is 4.27. The van der Waals surface area contributed by atoms with Crippen LogP contribution in [0.4, 0.5) is 0 Å². The molecule has 3 rings (SSSR count). The van der Waals surface area contributed by atoms with Crippen molar-refractivity contribution in [3.63, 3.8) is 0 Å². The molecule has 0 radical (unpaired) electrons. The van der Waals surface area contributed by atoms with Crippen molar-refractivity contribution in [2.45, 2.75) is 38.0 Å². The van der Waals surface area contributed by atoms with Crippen LogP contribution < -0.4 is 0 Å². The summed E-state index contributed by atoms with van der Waals surface area (Å²) in [4.78, 5) is 20.8. The molecule has 21 heavy (non-hydrogen) atoms. The van der Waals surface area contributed by atoms with E-state index in [9.17, 15) is 4.79 Å². The van der Waals surface area contributed by atoms with Crippen LogP contribution in [0.5, 0.6) is 0 Å². The number of rotatable bonds is 2. The number of halogens is 2. The second kappa shape index (κ2) is 6.36. The fourth-order valence-electron chi connectivity index (χ4n) is 2.47. The Hall–Kier alpha value is -1.08. The van der Waals surface area contributed by atoms with Gasteiger partial charge in [0, 0.05) is 21.6 Å². The number of hydrogen-bond acceptors (Lipinski definition) is 5. The summed E-state index contributed by atoms with van der Waals surface area (Å²) in [6, 6.07) is 1.87. The normalized spacial score (nSPS) is 19.5. The third kappa shape index (κ3) is 3.23. The molecule has 0 aliphatic heterocycles. The van der Waals surface area contributed by atoms with E-state index in [4.69, 9.17) is 4.52 Å². The third-order valence-corrected chi connectivity index (χ3v) is 4.60. The molecule has 1 aliphatic carbocycles. The molecule has 1 aliphatic rings. The molecule has 5 nitrogen and oxygen atoms in total. The van der Waals surface area contributed by atoms with Crippen LogP contribution in [0.15, 0.2) is 25.7 Å². The zero-order valence-corrected chi connectivity index (χ0v) is 14.4. The number of aromatic nitrogens is 3. The summed E-state index contributed by atoms with van der Waals surface area (Å²) >= 11 is 6.78. The van der Waals surface area contributed by atoms with Gasteiger partial charge < -0.3 is 4.52 Å². The zero-order valence-electron chi connectivity index (χ0n) is 11.2. The standard InChI is InChI=1S/C14H13Br2N3O2/c15-8-6-10(16)12(17-7-8)13-18-14(21-19-13)9-4-2-1-3-5-11(9)20/h6-7,9H,1-5H2. The molecule has 1 atom stereocenters. The lowest BCUT2D eigenvalue weighted by Gasteiger charge is -2.06. The Labute approximate surface area is 138 Å². The second-order valence-electron chi connectivity index (χ2n) is 5.06. The SMILES string of the molecule is O=C1CCCCCC1c1nc(-c2ncc(Br)cc2Br)no1. The maximum atomic E-state index is 12.1. The van der Waals surface area contributed by atoms with Crippen LogP contribution in [0.3, 0.4) is 0 Å². The summed E-state index contributed by atoms with van der Waals surface area (Å²) in [5, 5.41) is 3.97. The minimum absolute atomic E-state index is 0.200. The first-order valence-corrected chi connectivity index (χ1v) is 8.41. The highest BCUT2D eigenvalue weighted by Gasteiger charge is 2.28. The average Bonchev–Trinajstić information content (AvgIpc) is 2.82. The molecule has 0 saturated heterocycles. The molecular formula is C14H13Br2N3O2. The van der Waals surface area contributed by atoms with Crippen molar-refractivity contribution in [1.82, 2.24) is 15.1 Å². The van der Waals surface area contributed by atoms with Gasteiger partial charge in [0.1, 0.15) is 11.5 Å². The molecule has 7 heteroatoms. The molecule has 2 aromatic rings. The summed E-state index contributed by atoms with van der Waals surface area (Å²) in [6.07, 6.45) is 6.12. The van der Waals surface area contributed by atoms with E-state index in [1.54, 1.807) is 6.20 Å². The number of ketones is 1. The monoisotopic (exact) mass is 413 g/mol. The first kappa shape index (κ1) is 14.8. The molecule has 1 saturated carbocycles. The van der Waals surface area contributed by atoms with E-state index in [2.05, 4.69) is 47.0 Å². The van der Waals surface area contributed by atoms with Gasteiger partial charge in [0.25, 0.3) is 0 Å². The number of pyridine rings is 1. The fraction of sp³-hybridized carbons (Fsp3) is 0.429. The molecule has 1 unspecified atom stereocenters. The predicted molar refractivity (Wildman–Crippen MR) is 83.8 cm³/mol. The quantitative estimate of drug-likeness (QED) is 0.686. The van der Waals surface area contributed by atoms with Crippen molar-refractivity contribution < 1.29 is 9.32 Å². The Balaban J connectivity index is 1.90. The molecule has 1 fully saturated rings. The van der Waals surface area contributed by atoms with Crippen LogP contribution in [0.1, 0.15) is 43.9 Å². The number of carbonyl (C=O) groups is 1. The molecule has 0 N–H and O–H groups in total. The van der Waals surface area contributed by atoms with Gasteiger partial charge in [0.15, 0.2) is 0 Å². The van der Waals surface area contributed by atoms with Crippen molar-refractivity contribution >= 4 is 37.6 Å². The van der Waals surface area contributed by atoms with Gasteiger partial charge in [-0.1, -0.05) is 18.0 Å². The average molecular weight is 415 g/mol. The van der Waals surface area contributed by atoms with E-state index in [0.29, 0.717) is 23.8 Å². The molecular weight excluding hydrogens is 402 g/mol. The van der Waals surface area contributed by atoms with E-state index in [0.717, 1.165) is 34.6 Å². The Bertz CT molecular complexity index is 672. The summed E-state index contributed by atoms with van der Waals surface area (Å²) in [5.74, 6) is 0.753. The van der Waals surface area contributed by atoms with Gasteiger partial charge in [-0.25, -0.2) is 0 Å². The van der Waals surface area contributed by atoms with Crippen LogP contribution in [0, 0.1) is 0 Å². The lowest BCUT2D eigenvalue weighted by atomic mass is 9.99. The molecule has 0 aromatic carbocycles. The summed E-state index contributed by atoms with van der Waals surface area (Å²) in [6.45, 7) is 0. The van der Waals surface area contributed by atoms with Crippen LogP contribution in [-0.2, 0) is 4.79 Å². The maximum absolute atomic E-state index is 12.1. The highest BCUT2D eigenvalue weighted by atomic mass is 79.9. The van der Waals surface area contributed by atoms with Crippen molar-refractivity contribution in [3.05, 3.63) is 27.1 Å². The number of hydrogen-bond donors (Lipinski definition) is 0. The topological polar surface area (TPSA) is 68.9 Å². The molecule has 0 bridgehead atoms. The summed E-state index contributed by atoms with van der Waals surface area (Å²) in [5.41, 5.74) is 0.606. The van der Waals surface area contributed by atoms with Gasteiger partial charge in [-0.15, -0.1) is 0 Å². The number of carbonyl (C=O) groups excluding carboxylic acids is 1. The van der Waals surface area contributed by atoms with Gasteiger partial charge >= 0.3 is 0 Å². The van der Waals surface area contributed by atoms with Crippen LogP contribution in [0.2, 0.25) is 0 Å². The highest BCUT2D eigenvalue weighted by Crippen LogP contribution is 2.31. The van der Waals surface area contributed by atoms with Crippen molar-refractivity contribution in [1.29, 1.82) is 0 Å². The highest BCUT2D eigenvalue weighted by molar-refractivity contribution is 9.11. The van der Waals surface area contributed by atoms with Gasteiger partial charge in [0.05, 0.1) is 5.92 Å². The van der Waals surface area contributed by atoms with E-state index in [1.165, 1.54) is 0 Å². The summed E-state index contributed by atoms with van der Waals surface area (Å²) < 4.78 is 6.95. The van der Waals surface area contributed by atoms with Crippen LogP contribution in [0.25, 0.3) is 11.5 Å². The van der Waals surface area contributed by atoms with Crippen molar-refractivity contribution in [3.8, 4) is 11.5 Å². The minimum Gasteiger partial charge on any atom is -0.338 e. The maximum Gasteiger partial charge on any atom is 0.237 e. The largest absolute Gasteiger partial charge is 0.338 e. The summed E-state index contributed by atoms with van der Waals surface area (Å²) in [7, 11) is 0. The zero-order chi connectivity index (χ0) is 14.8. The Morgan fingerprint density at radius 2 is 2.10 bits per heavy atom. The third-order valence-electron chi connectivity index (χ3n) is 3.56. The first-order chi connectivity index (χ1) is 10.1. The van der Waals surface area contributed by atoms with Gasteiger partial charge in [-0.05, 0) is 50.8 Å².